The van der Waals surface area contributed by atoms with Crippen LogP contribution in [-0.2, 0) is 4.79 Å². The highest BCUT2D eigenvalue weighted by Gasteiger charge is 2.28. The number of hydrogen-bond acceptors (Lipinski definition) is 5. The third kappa shape index (κ3) is 3.51. The smallest absolute Gasteiger partial charge is 0.257 e. The van der Waals surface area contributed by atoms with Crippen LogP contribution < -0.4 is 16.2 Å². The van der Waals surface area contributed by atoms with Gasteiger partial charge in [-0.3, -0.25) is 14.5 Å². The first-order valence-corrected chi connectivity index (χ1v) is 9.91. The molecular weight excluding hydrogens is 378 g/mol. The van der Waals surface area contributed by atoms with Gasteiger partial charge in [-0.05, 0) is 24.3 Å². The van der Waals surface area contributed by atoms with Crippen molar-refractivity contribution in [3.05, 3.63) is 77.2 Å². The number of aromatic amines is 1. The van der Waals surface area contributed by atoms with Crippen LogP contribution in [0.3, 0.4) is 0 Å². The second-order valence-electron chi connectivity index (χ2n) is 7.53. The molecule has 0 radical (unpaired) electrons. The highest BCUT2D eigenvalue weighted by molar-refractivity contribution is 6.10. The average molecular weight is 399 g/mol. The van der Waals surface area contributed by atoms with Crippen LogP contribution in [0.1, 0.15) is 0 Å². The molecule has 7 heteroatoms. The summed E-state index contributed by atoms with van der Waals surface area (Å²) < 4.78 is 0. The van der Waals surface area contributed by atoms with Crippen molar-refractivity contribution in [3.8, 4) is 0 Å². The van der Waals surface area contributed by atoms with Gasteiger partial charge in [0.05, 0.1) is 12.6 Å². The number of H-pyrrole nitrogens is 1. The van der Waals surface area contributed by atoms with E-state index in [0.717, 1.165) is 35.2 Å². The summed E-state index contributed by atoms with van der Waals surface area (Å²) in [7, 11) is 0. The number of carbonyl (C=O) groups excluding carboxylic acids is 1. The number of fused-ring (bicyclic) bond motifs is 3. The Balaban J connectivity index is 1.28. The molecule has 0 spiro atoms. The van der Waals surface area contributed by atoms with Gasteiger partial charge in [0.1, 0.15) is 5.65 Å². The summed E-state index contributed by atoms with van der Waals surface area (Å²) in [6.07, 6.45) is 1.69. The van der Waals surface area contributed by atoms with E-state index in [9.17, 15) is 9.59 Å². The molecule has 0 aliphatic carbocycles. The molecule has 1 aliphatic rings. The van der Waals surface area contributed by atoms with Crippen molar-refractivity contribution in [1.29, 1.82) is 0 Å². The van der Waals surface area contributed by atoms with Gasteiger partial charge in [0.25, 0.3) is 5.56 Å². The minimum absolute atomic E-state index is 0.0161. The van der Waals surface area contributed by atoms with Gasteiger partial charge in [0.15, 0.2) is 0 Å². The maximum atomic E-state index is 12.3. The van der Waals surface area contributed by atoms with Crippen LogP contribution in [0.15, 0.2) is 71.7 Å². The molecule has 1 amide bonds. The summed E-state index contributed by atoms with van der Waals surface area (Å²) in [5.74, 6) is -0.0161. The Morgan fingerprint density at radius 2 is 1.77 bits per heavy atom. The zero-order chi connectivity index (χ0) is 20.5. The topological polar surface area (TPSA) is 90.1 Å². The number of amides is 1. The molecule has 1 aliphatic heterocycles. The van der Waals surface area contributed by atoms with Gasteiger partial charge in [-0.2, -0.15) is 0 Å². The molecular formula is C23H21N5O2. The Bertz CT molecular complexity index is 1280. The third-order valence-electron chi connectivity index (χ3n) is 5.37. The van der Waals surface area contributed by atoms with Gasteiger partial charge < -0.3 is 15.6 Å². The van der Waals surface area contributed by atoms with Crippen LogP contribution in [0.25, 0.3) is 21.8 Å². The van der Waals surface area contributed by atoms with Crippen LogP contribution in [0.4, 0.5) is 11.4 Å². The lowest BCUT2D eigenvalue weighted by Gasteiger charge is -2.39. The van der Waals surface area contributed by atoms with E-state index in [0.29, 0.717) is 17.6 Å². The lowest BCUT2D eigenvalue weighted by atomic mass is 10.1. The van der Waals surface area contributed by atoms with Gasteiger partial charge in [-0.15, -0.1) is 0 Å². The van der Waals surface area contributed by atoms with Crippen molar-refractivity contribution in [1.82, 2.24) is 14.9 Å². The molecule has 5 rings (SSSR count). The van der Waals surface area contributed by atoms with Gasteiger partial charge >= 0.3 is 0 Å². The molecule has 30 heavy (non-hydrogen) atoms. The lowest BCUT2D eigenvalue weighted by Crippen LogP contribution is -2.56. The van der Waals surface area contributed by atoms with Gasteiger partial charge in [0.2, 0.25) is 5.91 Å². The summed E-state index contributed by atoms with van der Waals surface area (Å²) in [4.78, 5) is 33.8. The van der Waals surface area contributed by atoms with E-state index < -0.39 is 0 Å². The molecule has 1 saturated heterocycles. The number of pyridine rings is 2. The van der Waals surface area contributed by atoms with Crippen LogP contribution in [-0.4, -0.2) is 46.5 Å². The summed E-state index contributed by atoms with van der Waals surface area (Å²) in [6.45, 7) is 1.90. The zero-order valence-electron chi connectivity index (χ0n) is 16.3. The van der Waals surface area contributed by atoms with Gasteiger partial charge in [-0.25, -0.2) is 4.98 Å². The predicted octanol–water partition coefficient (Wildman–Crippen LogP) is 2.81. The number of aromatic nitrogens is 2. The van der Waals surface area contributed by atoms with E-state index in [1.54, 1.807) is 6.20 Å². The van der Waals surface area contributed by atoms with Crippen LogP contribution in [0.5, 0.6) is 0 Å². The molecule has 7 nitrogen and oxygen atoms in total. The third-order valence-corrected chi connectivity index (χ3v) is 5.37. The van der Waals surface area contributed by atoms with E-state index in [-0.39, 0.29) is 17.5 Å². The molecule has 0 saturated carbocycles. The van der Waals surface area contributed by atoms with Crippen molar-refractivity contribution >= 4 is 39.1 Å². The largest absolute Gasteiger partial charge is 0.379 e. The van der Waals surface area contributed by atoms with Crippen molar-refractivity contribution in [3.63, 3.8) is 0 Å². The van der Waals surface area contributed by atoms with E-state index in [1.807, 2.05) is 60.7 Å². The number of nitrogens with zero attached hydrogens (tertiary/aromatic N) is 2. The monoisotopic (exact) mass is 399 g/mol. The van der Waals surface area contributed by atoms with Crippen molar-refractivity contribution in [2.45, 2.75) is 6.04 Å². The Hall–Kier alpha value is -3.71. The van der Waals surface area contributed by atoms with E-state index in [2.05, 4.69) is 25.5 Å². The van der Waals surface area contributed by atoms with Crippen molar-refractivity contribution in [2.75, 3.05) is 30.3 Å². The molecule has 1 fully saturated rings. The van der Waals surface area contributed by atoms with E-state index in [4.69, 9.17) is 0 Å². The molecule has 0 atom stereocenters. The van der Waals surface area contributed by atoms with Crippen LogP contribution in [0, 0.1) is 0 Å². The number of benzene rings is 2. The number of para-hydroxylation sites is 1. The van der Waals surface area contributed by atoms with Crippen LogP contribution >= 0.6 is 0 Å². The fourth-order valence-electron chi connectivity index (χ4n) is 3.96. The SMILES string of the molecule is O=C(CN1CC(Nc2ccnc3[nH]c(=O)c4ccccc4c23)C1)Nc1ccccc1. The molecule has 4 aromatic rings. The quantitative estimate of drug-likeness (QED) is 0.449. The fourth-order valence-corrected chi connectivity index (χ4v) is 3.96. The van der Waals surface area contributed by atoms with Crippen molar-refractivity contribution in [2.24, 2.45) is 0 Å². The summed E-state index contributed by atoms with van der Waals surface area (Å²) in [5.41, 5.74) is 2.18. The van der Waals surface area contributed by atoms with Gasteiger partial charge in [-0.1, -0.05) is 36.4 Å². The Labute approximate surface area is 172 Å². The molecule has 2 aromatic heterocycles. The number of likely N-dealkylation sites (tertiary alicyclic amines) is 1. The molecule has 3 N–H and O–H groups in total. The second-order valence-corrected chi connectivity index (χ2v) is 7.53. The van der Waals surface area contributed by atoms with E-state index >= 15 is 0 Å². The first-order chi connectivity index (χ1) is 14.7. The highest BCUT2D eigenvalue weighted by Crippen LogP contribution is 2.28. The highest BCUT2D eigenvalue weighted by atomic mass is 16.2. The first kappa shape index (κ1) is 18.3. The summed E-state index contributed by atoms with van der Waals surface area (Å²) >= 11 is 0. The molecule has 0 bridgehead atoms. The van der Waals surface area contributed by atoms with Crippen molar-refractivity contribution < 1.29 is 4.79 Å². The number of hydrogen-bond donors (Lipinski definition) is 3. The normalized spacial score (nSPS) is 14.5. The summed E-state index contributed by atoms with van der Waals surface area (Å²) in [5, 5.41) is 8.90. The van der Waals surface area contributed by atoms with Crippen LogP contribution in [0.2, 0.25) is 0 Å². The Kier molecular flexibility index (Phi) is 4.65. The fraction of sp³-hybridized carbons (Fsp3) is 0.174. The molecule has 0 unspecified atom stereocenters. The molecule has 3 heterocycles. The Morgan fingerprint density at radius 3 is 2.57 bits per heavy atom. The minimum atomic E-state index is -0.137. The Morgan fingerprint density at radius 1 is 1.03 bits per heavy atom. The molecule has 150 valence electrons. The van der Waals surface area contributed by atoms with Gasteiger partial charge in [0, 0.05) is 46.8 Å². The number of rotatable bonds is 5. The maximum Gasteiger partial charge on any atom is 0.257 e. The maximum absolute atomic E-state index is 12.3. The first-order valence-electron chi connectivity index (χ1n) is 9.91. The lowest BCUT2D eigenvalue weighted by molar-refractivity contribution is -0.118. The molecule has 2 aromatic carbocycles. The number of carbonyl (C=O) groups is 1. The number of nitrogens with one attached hydrogen (secondary N) is 3. The summed E-state index contributed by atoms with van der Waals surface area (Å²) in [6, 6.07) is 19.2. The minimum Gasteiger partial charge on any atom is -0.379 e. The standard InChI is InChI=1S/C23H21N5O2/c29-20(26-15-6-2-1-3-7-15)14-28-12-16(13-28)25-19-10-11-24-22-21(19)17-8-4-5-9-18(17)23(30)27-22/h1-11,16H,12-14H2,(H,26,29)(H2,24,25,27,30). The van der Waals surface area contributed by atoms with E-state index in [1.165, 1.54) is 0 Å². The average Bonchev–Trinajstić information content (AvgIpc) is 2.73. The number of anilines is 2. The second kappa shape index (κ2) is 7.61. The zero-order valence-corrected chi connectivity index (χ0v) is 16.3. The predicted molar refractivity (Wildman–Crippen MR) is 119 cm³/mol.